The lowest BCUT2D eigenvalue weighted by Gasteiger charge is -2.08. The number of nitrogen functional groups attached to an aromatic ring is 1. The second kappa shape index (κ2) is 6.47. The molecule has 26 heavy (non-hydrogen) atoms. The fraction of sp³-hybridized carbons (Fsp3) is 0.222. The van der Waals surface area contributed by atoms with Crippen molar-refractivity contribution in [3.63, 3.8) is 0 Å². The number of fused-ring (bicyclic) bond motifs is 1. The van der Waals surface area contributed by atoms with E-state index in [-0.39, 0.29) is 23.2 Å². The van der Waals surface area contributed by atoms with Crippen LogP contribution in [0.5, 0.6) is 5.75 Å². The van der Waals surface area contributed by atoms with Crippen LogP contribution in [0.1, 0.15) is 46.2 Å². The number of aromatic nitrogens is 3. The van der Waals surface area contributed by atoms with Crippen LogP contribution in [-0.2, 0) is 0 Å². The third kappa shape index (κ3) is 2.75. The van der Waals surface area contributed by atoms with Crippen LogP contribution in [0.3, 0.4) is 0 Å². The zero-order valence-electron chi connectivity index (χ0n) is 14.7. The van der Waals surface area contributed by atoms with Crippen molar-refractivity contribution < 1.29 is 14.3 Å². The lowest BCUT2D eigenvalue weighted by Crippen LogP contribution is -2.14. The number of primary amides is 1. The number of hydrogen-bond acceptors (Lipinski definition) is 6. The predicted octanol–water partition coefficient (Wildman–Crippen LogP) is 1.93. The van der Waals surface area contributed by atoms with E-state index in [2.05, 4.69) is 9.97 Å². The molecule has 2 aromatic heterocycles. The first kappa shape index (κ1) is 17.4. The molecule has 0 aliphatic heterocycles. The monoisotopic (exact) mass is 353 g/mol. The van der Waals surface area contributed by atoms with Gasteiger partial charge >= 0.3 is 0 Å². The van der Waals surface area contributed by atoms with Gasteiger partial charge in [0, 0.05) is 17.8 Å². The summed E-state index contributed by atoms with van der Waals surface area (Å²) in [6, 6.07) is 4.61. The molecule has 0 fully saturated rings. The van der Waals surface area contributed by atoms with E-state index in [1.165, 1.54) is 25.6 Å². The Hall–Kier alpha value is -3.42. The number of hydrogen-bond donors (Lipinski definition) is 2. The van der Waals surface area contributed by atoms with Gasteiger partial charge in [0.25, 0.3) is 5.91 Å². The molecule has 4 N–H and O–H groups in total. The normalized spacial score (nSPS) is 11.1. The summed E-state index contributed by atoms with van der Waals surface area (Å²) in [7, 11) is 1.43. The van der Waals surface area contributed by atoms with E-state index in [1.807, 2.05) is 18.4 Å². The van der Waals surface area contributed by atoms with Crippen LogP contribution < -0.4 is 16.2 Å². The molecule has 0 radical (unpaired) electrons. The van der Waals surface area contributed by atoms with Crippen LogP contribution >= 0.6 is 0 Å². The second-order valence-electron chi connectivity index (χ2n) is 6.11. The molecule has 1 amide bonds. The zero-order chi connectivity index (χ0) is 19.0. The molecule has 3 aromatic rings. The lowest BCUT2D eigenvalue weighted by molar-refractivity contribution is 0.0997. The molecule has 0 atom stereocenters. The van der Waals surface area contributed by atoms with Crippen molar-refractivity contribution in [2.45, 2.75) is 19.9 Å². The molecule has 0 aliphatic carbocycles. The standard InChI is InChI=1S/C18H19N5O3/c1-9(2)23-7-12(14-16(19)21-8-22-18(14)23)15(24)10-4-5-13(26-3)11(6-10)17(20)25/h4-9H,1-3H3,(H2,20,25)(H2,19,21,22). The molecule has 1 aromatic carbocycles. The van der Waals surface area contributed by atoms with Gasteiger partial charge in [-0.1, -0.05) is 0 Å². The molecular formula is C18H19N5O3. The molecule has 0 saturated carbocycles. The highest BCUT2D eigenvalue weighted by molar-refractivity contribution is 6.18. The lowest BCUT2D eigenvalue weighted by atomic mass is 10.0. The predicted molar refractivity (Wildman–Crippen MR) is 97.3 cm³/mol. The van der Waals surface area contributed by atoms with Crippen molar-refractivity contribution in [3.05, 3.63) is 47.4 Å². The molecule has 8 heteroatoms. The van der Waals surface area contributed by atoms with Crippen LogP contribution in [0.15, 0.2) is 30.7 Å². The average molecular weight is 353 g/mol. The molecule has 0 unspecified atom stereocenters. The summed E-state index contributed by atoms with van der Waals surface area (Å²) in [5, 5.41) is 0.489. The zero-order valence-corrected chi connectivity index (χ0v) is 14.7. The number of ether oxygens (including phenoxy) is 1. The van der Waals surface area contributed by atoms with Crippen molar-refractivity contribution in [1.29, 1.82) is 0 Å². The topological polar surface area (TPSA) is 126 Å². The molecule has 2 heterocycles. The largest absolute Gasteiger partial charge is 0.496 e. The van der Waals surface area contributed by atoms with Crippen molar-refractivity contribution in [2.24, 2.45) is 5.73 Å². The van der Waals surface area contributed by atoms with Crippen LogP contribution in [0.2, 0.25) is 0 Å². The Kier molecular flexibility index (Phi) is 4.33. The summed E-state index contributed by atoms with van der Waals surface area (Å²) in [6.07, 6.45) is 3.07. The fourth-order valence-corrected chi connectivity index (χ4v) is 2.87. The third-order valence-corrected chi connectivity index (χ3v) is 4.17. The van der Waals surface area contributed by atoms with Crippen LogP contribution in [0.4, 0.5) is 5.82 Å². The molecule has 0 saturated heterocycles. The Labute approximate surface area is 149 Å². The van der Waals surface area contributed by atoms with E-state index in [4.69, 9.17) is 16.2 Å². The van der Waals surface area contributed by atoms with Gasteiger partial charge in [-0.3, -0.25) is 9.59 Å². The Morgan fingerprint density at radius 2 is 1.92 bits per heavy atom. The molecule has 0 aliphatic rings. The van der Waals surface area contributed by atoms with E-state index in [0.717, 1.165) is 0 Å². The number of benzene rings is 1. The number of methoxy groups -OCH3 is 1. The fourth-order valence-electron chi connectivity index (χ4n) is 2.87. The molecule has 134 valence electrons. The van der Waals surface area contributed by atoms with E-state index in [9.17, 15) is 9.59 Å². The third-order valence-electron chi connectivity index (χ3n) is 4.17. The number of rotatable bonds is 5. The summed E-state index contributed by atoms with van der Waals surface area (Å²) in [6.45, 7) is 3.95. The van der Waals surface area contributed by atoms with Gasteiger partial charge in [-0.15, -0.1) is 0 Å². The van der Waals surface area contributed by atoms with Gasteiger partial charge in [-0.05, 0) is 32.0 Å². The van der Waals surface area contributed by atoms with Crippen LogP contribution in [0.25, 0.3) is 11.0 Å². The van der Waals surface area contributed by atoms with E-state index in [0.29, 0.717) is 27.9 Å². The van der Waals surface area contributed by atoms with Crippen LogP contribution in [0, 0.1) is 0 Å². The Morgan fingerprint density at radius 3 is 2.54 bits per heavy atom. The SMILES string of the molecule is COc1ccc(C(=O)c2cn(C(C)C)c3ncnc(N)c23)cc1C(N)=O. The smallest absolute Gasteiger partial charge is 0.252 e. The quantitative estimate of drug-likeness (QED) is 0.675. The van der Waals surface area contributed by atoms with Crippen molar-refractivity contribution in [2.75, 3.05) is 12.8 Å². The number of ketones is 1. The van der Waals surface area contributed by atoms with Crippen molar-refractivity contribution in [3.8, 4) is 5.75 Å². The highest BCUT2D eigenvalue weighted by Gasteiger charge is 2.22. The van der Waals surface area contributed by atoms with E-state index >= 15 is 0 Å². The number of nitrogens with zero attached hydrogens (tertiary/aromatic N) is 3. The van der Waals surface area contributed by atoms with Crippen LogP contribution in [-0.4, -0.2) is 33.3 Å². The van der Waals surface area contributed by atoms with Gasteiger partial charge in [0.05, 0.1) is 23.6 Å². The number of carbonyl (C=O) groups is 2. The number of anilines is 1. The molecular weight excluding hydrogens is 334 g/mol. The minimum Gasteiger partial charge on any atom is -0.496 e. The first-order valence-electron chi connectivity index (χ1n) is 7.98. The minimum absolute atomic E-state index is 0.0744. The van der Waals surface area contributed by atoms with Gasteiger partial charge in [-0.25, -0.2) is 9.97 Å². The summed E-state index contributed by atoms with van der Waals surface area (Å²) in [5.41, 5.74) is 12.8. The van der Waals surface area contributed by atoms with Gasteiger partial charge in [0.15, 0.2) is 5.78 Å². The second-order valence-corrected chi connectivity index (χ2v) is 6.11. The Bertz CT molecular complexity index is 1020. The maximum Gasteiger partial charge on any atom is 0.252 e. The summed E-state index contributed by atoms with van der Waals surface area (Å²) in [5.74, 6) is -0.451. The first-order chi connectivity index (χ1) is 12.3. The Balaban J connectivity index is 2.20. The maximum absolute atomic E-state index is 13.1. The Morgan fingerprint density at radius 1 is 1.19 bits per heavy atom. The summed E-state index contributed by atoms with van der Waals surface area (Å²) in [4.78, 5) is 33.0. The van der Waals surface area contributed by atoms with Gasteiger partial charge in [0.1, 0.15) is 23.5 Å². The molecule has 0 bridgehead atoms. The van der Waals surface area contributed by atoms with E-state index < -0.39 is 5.91 Å². The van der Waals surface area contributed by atoms with Gasteiger partial charge < -0.3 is 20.8 Å². The summed E-state index contributed by atoms with van der Waals surface area (Å²) >= 11 is 0. The maximum atomic E-state index is 13.1. The van der Waals surface area contributed by atoms with Gasteiger partial charge in [0.2, 0.25) is 0 Å². The van der Waals surface area contributed by atoms with E-state index in [1.54, 1.807) is 12.3 Å². The highest BCUT2D eigenvalue weighted by atomic mass is 16.5. The summed E-state index contributed by atoms with van der Waals surface area (Å²) < 4.78 is 6.98. The number of amides is 1. The number of nitrogens with two attached hydrogens (primary N) is 2. The molecule has 8 nitrogen and oxygen atoms in total. The number of carbonyl (C=O) groups excluding carboxylic acids is 2. The van der Waals surface area contributed by atoms with Crippen molar-refractivity contribution >= 4 is 28.5 Å². The average Bonchev–Trinajstić information content (AvgIpc) is 3.01. The minimum atomic E-state index is -0.677. The van der Waals surface area contributed by atoms with Crippen molar-refractivity contribution in [1.82, 2.24) is 14.5 Å². The molecule has 3 rings (SSSR count). The highest BCUT2D eigenvalue weighted by Crippen LogP contribution is 2.29. The molecule has 0 spiro atoms. The first-order valence-corrected chi connectivity index (χ1v) is 7.98. The van der Waals surface area contributed by atoms with Gasteiger partial charge in [-0.2, -0.15) is 0 Å².